The predicted molar refractivity (Wildman–Crippen MR) is 151 cm³/mol. The number of anilines is 1. The fourth-order valence-electron chi connectivity index (χ4n) is 5.13. The van der Waals surface area contributed by atoms with Crippen molar-refractivity contribution in [1.82, 2.24) is 4.57 Å². The Bertz CT molecular complexity index is 1730. The van der Waals surface area contributed by atoms with Crippen LogP contribution in [0, 0.1) is 6.92 Å². The van der Waals surface area contributed by atoms with Gasteiger partial charge in [0.05, 0.1) is 10.8 Å². The third-order valence-corrected chi connectivity index (χ3v) is 8.87. The molecule has 1 aliphatic heterocycles. The molecule has 2 atom stereocenters. The van der Waals surface area contributed by atoms with Crippen molar-refractivity contribution in [2.24, 2.45) is 7.05 Å². The molecule has 6 rings (SSSR count). The van der Waals surface area contributed by atoms with E-state index in [0.29, 0.717) is 5.69 Å². The standard InChI is InChI=1S/C30H25BrN2O3S/c1-19-7-14-23(15-8-19)37(34,35)32-22-13-16-28-25(17-22)29(20-9-11-21(31)12-10-20)30(36-28)26-18-33(2)27-6-4-3-5-24(26)27/h3-18,29-30,32H,1-2H3/t29-,30+/m0/s1. The van der Waals surface area contributed by atoms with E-state index in [9.17, 15) is 8.42 Å². The number of halogens is 1. The van der Waals surface area contributed by atoms with Crippen molar-refractivity contribution in [2.75, 3.05) is 4.72 Å². The molecule has 5 nitrogen and oxygen atoms in total. The average molecular weight is 574 g/mol. The number of benzene rings is 4. The molecule has 186 valence electrons. The first kappa shape index (κ1) is 23.8. The molecule has 0 aliphatic carbocycles. The molecule has 1 aliphatic rings. The molecule has 37 heavy (non-hydrogen) atoms. The first-order valence-electron chi connectivity index (χ1n) is 12.0. The highest BCUT2D eigenvalue weighted by Gasteiger charge is 2.38. The van der Waals surface area contributed by atoms with Gasteiger partial charge >= 0.3 is 0 Å². The van der Waals surface area contributed by atoms with Crippen molar-refractivity contribution < 1.29 is 13.2 Å². The molecule has 2 heterocycles. The van der Waals surface area contributed by atoms with Crippen molar-refractivity contribution in [1.29, 1.82) is 0 Å². The van der Waals surface area contributed by atoms with Gasteiger partial charge in [0.15, 0.2) is 0 Å². The fraction of sp³-hybridized carbons (Fsp3) is 0.133. The van der Waals surface area contributed by atoms with E-state index >= 15 is 0 Å². The number of fused-ring (bicyclic) bond motifs is 2. The maximum absolute atomic E-state index is 13.1. The van der Waals surface area contributed by atoms with Gasteiger partial charge in [0.2, 0.25) is 0 Å². The van der Waals surface area contributed by atoms with Gasteiger partial charge in [-0.2, -0.15) is 0 Å². The van der Waals surface area contributed by atoms with Crippen LogP contribution in [-0.2, 0) is 17.1 Å². The van der Waals surface area contributed by atoms with E-state index in [1.54, 1.807) is 30.3 Å². The van der Waals surface area contributed by atoms with E-state index in [-0.39, 0.29) is 16.9 Å². The molecule has 1 aromatic heterocycles. The molecule has 4 aromatic carbocycles. The van der Waals surface area contributed by atoms with Crippen LogP contribution in [0.5, 0.6) is 5.75 Å². The number of nitrogens with one attached hydrogen (secondary N) is 1. The zero-order valence-corrected chi connectivity index (χ0v) is 22.8. The number of hydrogen-bond donors (Lipinski definition) is 1. The van der Waals surface area contributed by atoms with E-state index in [1.165, 1.54) is 0 Å². The molecule has 0 saturated carbocycles. The van der Waals surface area contributed by atoms with Gasteiger partial charge in [0.1, 0.15) is 11.9 Å². The highest BCUT2D eigenvalue weighted by molar-refractivity contribution is 9.10. The Hall–Kier alpha value is -3.55. The van der Waals surface area contributed by atoms with Gasteiger partial charge in [0.25, 0.3) is 10.0 Å². The Morgan fingerprint density at radius 2 is 1.62 bits per heavy atom. The Morgan fingerprint density at radius 1 is 0.892 bits per heavy atom. The van der Waals surface area contributed by atoms with E-state index in [0.717, 1.165) is 43.4 Å². The summed E-state index contributed by atoms with van der Waals surface area (Å²) in [5.41, 5.74) is 5.79. The van der Waals surface area contributed by atoms with Gasteiger partial charge in [-0.3, -0.25) is 4.72 Å². The van der Waals surface area contributed by atoms with Crippen LogP contribution in [-0.4, -0.2) is 13.0 Å². The predicted octanol–water partition coefficient (Wildman–Crippen LogP) is 7.32. The maximum atomic E-state index is 13.1. The van der Waals surface area contributed by atoms with E-state index in [1.807, 2.05) is 50.4 Å². The smallest absolute Gasteiger partial charge is 0.261 e. The molecule has 0 saturated heterocycles. The van der Waals surface area contributed by atoms with Gasteiger partial charge in [-0.05, 0) is 61.0 Å². The second kappa shape index (κ2) is 9.08. The van der Waals surface area contributed by atoms with Crippen molar-refractivity contribution in [3.05, 3.63) is 124 Å². The van der Waals surface area contributed by atoms with Crippen LogP contribution in [0.1, 0.15) is 34.3 Å². The Morgan fingerprint density at radius 3 is 2.38 bits per heavy atom. The molecule has 0 fully saturated rings. The zero-order valence-electron chi connectivity index (χ0n) is 20.4. The summed E-state index contributed by atoms with van der Waals surface area (Å²) in [7, 11) is -1.68. The molecule has 1 N–H and O–H groups in total. The molecule has 0 amide bonds. The first-order chi connectivity index (χ1) is 17.8. The Balaban J connectivity index is 1.44. The van der Waals surface area contributed by atoms with Crippen LogP contribution < -0.4 is 9.46 Å². The lowest BCUT2D eigenvalue weighted by Crippen LogP contribution is -2.13. The lowest BCUT2D eigenvalue weighted by molar-refractivity contribution is 0.224. The summed E-state index contributed by atoms with van der Waals surface area (Å²) in [5.74, 6) is 0.641. The van der Waals surface area contributed by atoms with Crippen LogP contribution in [0.25, 0.3) is 10.9 Å². The monoisotopic (exact) mass is 572 g/mol. The molecule has 7 heteroatoms. The lowest BCUT2D eigenvalue weighted by Gasteiger charge is -2.20. The number of aromatic nitrogens is 1. The molecule has 0 radical (unpaired) electrons. The molecule has 5 aromatic rings. The average Bonchev–Trinajstić information content (AvgIpc) is 3.42. The summed E-state index contributed by atoms with van der Waals surface area (Å²) in [5, 5.41) is 1.14. The second-order valence-corrected chi connectivity index (χ2v) is 12.0. The van der Waals surface area contributed by atoms with E-state index in [4.69, 9.17) is 4.74 Å². The summed E-state index contributed by atoms with van der Waals surface area (Å²) in [6.07, 6.45) is 1.87. The third kappa shape index (κ3) is 4.32. The van der Waals surface area contributed by atoms with Crippen LogP contribution in [0.3, 0.4) is 0 Å². The van der Waals surface area contributed by atoms with Crippen LogP contribution in [0.2, 0.25) is 0 Å². The third-order valence-electron chi connectivity index (χ3n) is 6.95. The zero-order chi connectivity index (χ0) is 25.7. The lowest BCUT2D eigenvalue weighted by atomic mass is 9.85. The SMILES string of the molecule is Cc1ccc(S(=O)(=O)Nc2ccc3c(c2)[C@H](c2ccc(Br)cc2)[C@@H](c2cn(C)c4ccccc24)O3)cc1. The largest absolute Gasteiger partial charge is 0.484 e. The maximum Gasteiger partial charge on any atom is 0.261 e. The minimum atomic E-state index is -3.73. The summed E-state index contributed by atoms with van der Waals surface area (Å²) < 4.78 is 38.6. The molecular weight excluding hydrogens is 548 g/mol. The number of nitrogens with zero attached hydrogens (tertiary/aromatic N) is 1. The van der Waals surface area contributed by atoms with E-state index < -0.39 is 10.0 Å². The minimum absolute atomic E-state index is 0.113. The number of aryl methyl sites for hydroxylation is 2. The summed E-state index contributed by atoms with van der Waals surface area (Å²) in [6, 6.07) is 28.9. The van der Waals surface area contributed by atoms with Gasteiger partial charge in [0, 0.05) is 45.4 Å². The van der Waals surface area contributed by atoms with Crippen molar-refractivity contribution in [3.63, 3.8) is 0 Å². The number of rotatable bonds is 5. The molecule has 0 spiro atoms. The number of sulfonamides is 1. The van der Waals surface area contributed by atoms with Crippen molar-refractivity contribution in [2.45, 2.75) is 23.8 Å². The summed E-state index contributed by atoms with van der Waals surface area (Å²) >= 11 is 3.54. The Kier molecular flexibility index (Phi) is 5.85. The van der Waals surface area contributed by atoms with Gasteiger partial charge in [-0.25, -0.2) is 8.42 Å². The van der Waals surface area contributed by atoms with Crippen LogP contribution >= 0.6 is 15.9 Å². The summed E-state index contributed by atoms with van der Waals surface area (Å²) in [6.45, 7) is 1.93. The molecule has 0 bridgehead atoms. The highest BCUT2D eigenvalue weighted by Crippen LogP contribution is 2.51. The fourth-order valence-corrected chi connectivity index (χ4v) is 6.44. The van der Waals surface area contributed by atoms with Crippen LogP contribution in [0.15, 0.2) is 107 Å². The number of hydrogen-bond acceptors (Lipinski definition) is 3. The van der Waals surface area contributed by atoms with Crippen molar-refractivity contribution in [3.8, 4) is 5.75 Å². The normalized spacial score (nSPS) is 16.9. The topological polar surface area (TPSA) is 60.3 Å². The number of para-hydroxylation sites is 1. The summed E-state index contributed by atoms with van der Waals surface area (Å²) in [4.78, 5) is 0.230. The molecular formula is C30H25BrN2O3S. The van der Waals surface area contributed by atoms with Crippen molar-refractivity contribution >= 4 is 42.5 Å². The Labute approximate surface area is 224 Å². The number of ether oxygens (including phenoxy) is 1. The second-order valence-electron chi connectivity index (χ2n) is 9.45. The van der Waals surface area contributed by atoms with Gasteiger partial charge in [-0.1, -0.05) is 64.0 Å². The highest BCUT2D eigenvalue weighted by atomic mass is 79.9. The first-order valence-corrected chi connectivity index (χ1v) is 14.3. The molecule has 0 unspecified atom stereocenters. The van der Waals surface area contributed by atoms with E-state index in [2.05, 4.69) is 55.7 Å². The van der Waals surface area contributed by atoms with Crippen LogP contribution in [0.4, 0.5) is 5.69 Å². The minimum Gasteiger partial charge on any atom is -0.484 e. The van der Waals surface area contributed by atoms with Gasteiger partial charge < -0.3 is 9.30 Å². The van der Waals surface area contributed by atoms with Gasteiger partial charge in [-0.15, -0.1) is 0 Å². The quantitative estimate of drug-likeness (QED) is 0.240.